The quantitative estimate of drug-likeness (QED) is 0.731. The minimum absolute atomic E-state index is 0.306. The Hall–Kier alpha value is -0.380. The Bertz CT molecular complexity index is 230. The average molecular weight is 224 g/mol. The number of hydrogen-bond acceptors (Lipinski definition) is 3. The predicted octanol–water partition coefficient (Wildman–Crippen LogP) is 1.41. The molecule has 0 aromatic rings. The summed E-state index contributed by atoms with van der Waals surface area (Å²) in [4.78, 5) is 2.63. The van der Waals surface area contributed by atoms with E-state index in [2.05, 4.69) is 22.9 Å². The lowest BCUT2D eigenvalue weighted by molar-refractivity contribution is -0.0286. The Balaban J connectivity index is 2.15. The van der Waals surface area contributed by atoms with Gasteiger partial charge in [0.1, 0.15) is 0 Å². The zero-order chi connectivity index (χ0) is 11.4. The highest BCUT2D eigenvalue weighted by atomic mass is 16.5. The molecule has 0 aromatic carbocycles. The van der Waals surface area contributed by atoms with E-state index in [9.17, 15) is 0 Å². The van der Waals surface area contributed by atoms with E-state index in [1.807, 2.05) is 7.05 Å². The Labute approximate surface area is 98.8 Å². The smallest absolute Gasteiger partial charge is 0.0594 e. The van der Waals surface area contributed by atoms with Gasteiger partial charge >= 0.3 is 0 Å². The molecule has 0 radical (unpaired) electrons. The van der Waals surface area contributed by atoms with Crippen LogP contribution < -0.4 is 5.32 Å². The van der Waals surface area contributed by atoms with E-state index >= 15 is 0 Å². The predicted molar refractivity (Wildman–Crippen MR) is 66.6 cm³/mol. The summed E-state index contributed by atoms with van der Waals surface area (Å²) in [7, 11) is 2.05. The summed E-state index contributed by atoms with van der Waals surface area (Å²) in [6.07, 6.45) is 7.38. The second-order valence-corrected chi connectivity index (χ2v) is 4.91. The fraction of sp³-hybridized carbons (Fsp3) is 0.846. The minimum atomic E-state index is 0.306. The van der Waals surface area contributed by atoms with Crippen molar-refractivity contribution in [2.24, 2.45) is 0 Å². The van der Waals surface area contributed by atoms with E-state index in [-0.39, 0.29) is 0 Å². The molecule has 16 heavy (non-hydrogen) atoms. The molecule has 1 saturated carbocycles. The van der Waals surface area contributed by atoms with E-state index in [1.54, 1.807) is 0 Å². The summed E-state index contributed by atoms with van der Waals surface area (Å²) in [6.45, 7) is 7.92. The van der Waals surface area contributed by atoms with Gasteiger partial charge in [-0.25, -0.2) is 0 Å². The Morgan fingerprint density at radius 1 is 1.31 bits per heavy atom. The number of rotatable bonds is 4. The molecular weight excluding hydrogens is 200 g/mol. The summed E-state index contributed by atoms with van der Waals surface area (Å²) < 4.78 is 5.46. The van der Waals surface area contributed by atoms with Gasteiger partial charge in [0, 0.05) is 24.7 Å². The van der Waals surface area contributed by atoms with Crippen molar-refractivity contribution in [1.82, 2.24) is 10.2 Å². The van der Waals surface area contributed by atoms with Crippen LogP contribution in [0.4, 0.5) is 0 Å². The second kappa shape index (κ2) is 5.30. The van der Waals surface area contributed by atoms with Crippen LogP contribution in [0.15, 0.2) is 12.7 Å². The van der Waals surface area contributed by atoms with Crippen molar-refractivity contribution >= 4 is 0 Å². The molecule has 1 unspecified atom stereocenters. The number of nitrogens with zero attached hydrogens (tertiary/aromatic N) is 1. The first-order valence-corrected chi connectivity index (χ1v) is 6.46. The monoisotopic (exact) mass is 224 g/mol. The average Bonchev–Trinajstić information content (AvgIpc) is 2.82. The molecule has 3 nitrogen and oxygen atoms in total. The van der Waals surface area contributed by atoms with Crippen molar-refractivity contribution in [1.29, 1.82) is 0 Å². The third-order valence-corrected chi connectivity index (χ3v) is 4.24. The molecule has 2 rings (SSSR count). The van der Waals surface area contributed by atoms with E-state index in [0.29, 0.717) is 11.6 Å². The van der Waals surface area contributed by atoms with Gasteiger partial charge in [-0.1, -0.05) is 18.9 Å². The first-order chi connectivity index (χ1) is 7.83. The van der Waals surface area contributed by atoms with Crippen LogP contribution in [-0.4, -0.2) is 49.8 Å². The Kier molecular flexibility index (Phi) is 4.00. The maximum absolute atomic E-state index is 5.46. The van der Waals surface area contributed by atoms with Gasteiger partial charge in [-0.05, 0) is 19.9 Å². The molecule has 0 spiro atoms. The van der Waals surface area contributed by atoms with Crippen molar-refractivity contribution in [3.8, 4) is 0 Å². The van der Waals surface area contributed by atoms with Crippen molar-refractivity contribution in [2.75, 3.05) is 33.4 Å². The lowest BCUT2D eigenvalue weighted by Crippen LogP contribution is -2.61. The van der Waals surface area contributed by atoms with Gasteiger partial charge in [-0.15, -0.1) is 6.58 Å². The molecule has 92 valence electrons. The number of likely N-dealkylation sites (N-methyl/N-ethyl adjacent to an activating group) is 1. The highest BCUT2D eigenvalue weighted by Gasteiger charge is 2.44. The molecule has 1 heterocycles. The summed E-state index contributed by atoms with van der Waals surface area (Å²) in [5.74, 6) is 0. The van der Waals surface area contributed by atoms with Gasteiger partial charge < -0.3 is 10.1 Å². The summed E-state index contributed by atoms with van der Waals surface area (Å²) >= 11 is 0. The first-order valence-electron chi connectivity index (χ1n) is 6.46. The molecule has 1 aliphatic heterocycles. The molecule has 1 saturated heterocycles. The molecule has 3 heteroatoms. The van der Waals surface area contributed by atoms with Crippen LogP contribution in [0.3, 0.4) is 0 Å². The maximum Gasteiger partial charge on any atom is 0.0594 e. The lowest BCUT2D eigenvalue weighted by atomic mass is 9.85. The van der Waals surface area contributed by atoms with Crippen molar-refractivity contribution in [3.05, 3.63) is 12.7 Å². The van der Waals surface area contributed by atoms with Crippen LogP contribution >= 0.6 is 0 Å². The fourth-order valence-corrected chi connectivity index (χ4v) is 3.43. The van der Waals surface area contributed by atoms with Gasteiger partial charge in [0.15, 0.2) is 0 Å². The van der Waals surface area contributed by atoms with Gasteiger partial charge in [-0.3, -0.25) is 4.90 Å². The van der Waals surface area contributed by atoms with Gasteiger partial charge in [0.25, 0.3) is 0 Å². The zero-order valence-corrected chi connectivity index (χ0v) is 10.4. The molecule has 2 aliphatic rings. The van der Waals surface area contributed by atoms with Gasteiger partial charge in [-0.2, -0.15) is 0 Å². The largest absolute Gasteiger partial charge is 0.379 e. The Morgan fingerprint density at radius 3 is 2.44 bits per heavy atom. The molecule has 1 aliphatic carbocycles. The van der Waals surface area contributed by atoms with E-state index < -0.39 is 0 Å². The van der Waals surface area contributed by atoms with Crippen molar-refractivity contribution < 1.29 is 4.74 Å². The van der Waals surface area contributed by atoms with Crippen LogP contribution in [0.5, 0.6) is 0 Å². The van der Waals surface area contributed by atoms with E-state index in [1.165, 1.54) is 25.7 Å². The molecule has 1 N–H and O–H groups in total. The normalized spacial score (nSPS) is 27.8. The summed E-state index contributed by atoms with van der Waals surface area (Å²) in [5, 5.41) is 3.43. The lowest BCUT2D eigenvalue weighted by Gasteiger charge is -2.47. The van der Waals surface area contributed by atoms with Crippen LogP contribution in [0.2, 0.25) is 0 Å². The standard InChI is InChI=1S/C13H24N2O/c1-3-12(14-2)13(6-4-5-7-13)15-8-10-16-11-9-15/h3,12,14H,1,4-11H2,2H3. The van der Waals surface area contributed by atoms with Crippen LogP contribution in [0, 0.1) is 0 Å². The van der Waals surface area contributed by atoms with Gasteiger partial charge in [0.05, 0.1) is 13.2 Å². The van der Waals surface area contributed by atoms with Crippen LogP contribution in [0.25, 0.3) is 0 Å². The first kappa shape index (κ1) is 12.1. The number of ether oxygens (including phenoxy) is 1. The zero-order valence-electron chi connectivity index (χ0n) is 10.4. The molecule has 0 amide bonds. The van der Waals surface area contributed by atoms with Crippen molar-refractivity contribution in [2.45, 2.75) is 37.3 Å². The minimum Gasteiger partial charge on any atom is -0.379 e. The number of hydrogen-bond donors (Lipinski definition) is 1. The van der Waals surface area contributed by atoms with Crippen molar-refractivity contribution in [3.63, 3.8) is 0 Å². The number of nitrogens with one attached hydrogen (secondary N) is 1. The van der Waals surface area contributed by atoms with Gasteiger partial charge in [0.2, 0.25) is 0 Å². The number of morpholine rings is 1. The van der Waals surface area contributed by atoms with Crippen LogP contribution in [-0.2, 0) is 4.74 Å². The second-order valence-electron chi connectivity index (χ2n) is 4.91. The SMILES string of the molecule is C=CC(NC)C1(N2CCOCC2)CCCC1. The Morgan fingerprint density at radius 2 is 1.94 bits per heavy atom. The third-order valence-electron chi connectivity index (χ3n) is 4.24. The molecule has 0 bridgehead atoms. The molecule has 2 fully saturated rings. The highest BCUT2D eigenvalue weighted by Crippen LogP contribution is 2.38. The van der Waals surface area contributed by atoms with E-state index in [4.69, 9.17) is 4.74 Å². The fourth-order valence-electron chi connectivity index (χ4n) is 3.43. The highest BCUT2D eigenvalue weighted by molar-refractivity contribution is 5.10. The topological polar surface area (TPSA) is 24.5 Å². The van der Waals surface area contributed by atoms with E-state index in [0.717, 1.165) is 26.3 Å². The molecular formula is C13H24N2O. The molecule has 0 aromatic heterocycles. The summed E-state index contributed by atoms with van der Waals surface area (Å²) in [5.41, 5.74) is 0.306. The third kappa shape index (κ3) is 2.04. The summed E-state index contributed by atoms with van der Waals surface area (Å²) in [6, 6.07) is 0.410. The maximum atomic E-state index is 5.46. The molecule has 1 atom stereocenters. The van der Waals surface area contributed by atoms with Crippen LogP contribution in [0.1, 0.15) is 25.7 Å².